The van der Waals surface area contributed by atoms with Crippen LogP contribution in [0, 0.1) is 0 Å². The van der Waals surface area contributed by atoms with Gasteiger partial charge in [0.1, 0.15) is 6.04 Å². The van der Waals surface area contributed by atoms with Gasteiger partial charge in [0, 0.05) is 12.2 Å². The third kappa shape index (κ3) is 1.98. The number of benzene rings is 1. The molecule has 0 spiro atoms. The van der Waals surface area contributed by atoms with Crippen LogP contribution in [0.1, 0.15) is 0 Å². The quantitative estimate of drug-likeness (QED) is 0.740. The summed E-state index contributed by atoms with van der Waals surface area (Å²) in [6, 6.07) is 8.40. The highest BCUT2D eigenvalue weighted by Gasteiger charge is 2.31. The minimum Gasteiger partial charge on any atom is -0.480 e. The topological polar surface area (TPSA) is 69.6 Å². The SMILES string of the molecule is O=C1CN(c2ccccc2)C(C(=O)O)CN1. The number of nitrogens with zero attached hydrogens (tertiary/aromatic N) is 1. The van der Waals surface area contributed by atoms with E-state index in [9.17, 15) is 9.59 Å². The Labute approximate surface area is 92.7 Å². The predicted molar refractivity (Wildman–Crippen MR) is 58.2 cm³/mol. The molecule has 0 bridgehead atoms. The fourth-order valence-corrected chi connectivity index (χ4v) is 1.75. The lowest BCUT2D eigenvalue weighted by molar-refractivity contribution is -0.139. The molecule has 0 aliphatic carbocycles. The lowest BCUT2D eigenvalue weighted by Gasteiger charge is -2.34. The Morgan fingerprint density at radius 3 is 2.69 bits per heavy atom. The smallest absolute Gasteiger partial charge is 0.328 e. The van der Waals surface area contributed by atoms with Gasteiger partial charge in [0.25, 0.3) is 0 Å². The maximum absolute atomic E-state index is 11.3. The molecule has 2 rings (SSSR count). The van der Waals surface area contributed by atoms with E-state index < -0.39 is 12.0 Å². The van der Waals surface area contributed by atoms with Gasteiger partial charge in [-0.3, -0.25) is 4.79 Å². The summed E-state index contributed by atoms with van der Waals surface area (Å²) in [6.45, 7) is 0.226. The Morgan fingerprint density at radius 1 is 1.38 bits per heavy atom. The minimum atomic E-state index is -0.927. The van der Waals surface area contributed by atoms with E-state index in [1.165, 1.54) is 0 Å². The Balaban J connectivity index is 2.27. The highest BCUT2D eigenvalue weighted by atomic mass is 16.4. The number of hydrogen-bond acceptors (Lipinski definition) is 3. The molecule has 0 saturated carbocycles. The standard InChI is InChI=1S/C11H12N2O3/c14-10-7-13(8-4-2-1-3-5-8)9(6-12-10)11(15)16/h1-5,9H,6-7H2,(H,12,14)(H,15,16). The molecule has 1 saturated heterocycles. The number of amides is 1. The van der Waals surface area contributed by atoms with Crippen LogP contribution in [0.15, 0.2) is 30.3 Å². The summed E-state index contributed by atoms with van der Waals surface area (Å²) in [5.41, 5.74) is 0.754. The number of para-hydroxylation sites is 1. The van der Waals surface area contributed by atoms with Gasteiger partial charge in [-0.05, 0) is 12.1 Å². The van der Waals surface area contributed by atoms with Gasteiger partial charge < -0.3 is 15.3 Å². The van der Waals surface area contributed by atoms with Gasteiger partial charge in [0.05, 0.1) is 6.54 Å². The highest BCUT2D eigenvalue weighted by Crippen LogP contribution is 2.17. The zero-order valence-corrected chi connectivity index (χ0v) is 8.59. The van der Waals surface area contributed by atoms with E-state index in [0.717, 1.165) is 5.69 Å². The van der Waals surface area contributed by atoms with Crippen molar-refractivity contribution in [2.24, 2.45) is 0 Å². The molecule has 0 radical (unpaired) electrons. The molecular formula is C11H12N2O3. The van der Waals surface area contributed by atoms with E-state index >= 15 is 0 Å². The number of carbonyl (C=O) groups is 2. The van der Waals surface area contributed by atoms with Crippen molar-refractivity contribution in [2.45, 2.75) is 6.04 Å². The second kappa shape index (κ2) is 4.22. The third-order valence-corrected chi connectivity index (χ3v) is 2.56. The van der Waals surface area contributed by atoms with Crippen LogP contribution in [0.3, 0.4) is 0 Å². The zero-order valence-electron chi connectivity index (χ0n) is 8.59. The summed E-state index contributed by atoms with van der Waals surface area (Å²) in [4.78, 5) is 23.9. The van der Waals surface area contributed by atoms with Gasteiger partial charge in [-0.15, -0.1) is 0 Å². The van der Waals surface area contributed by atoms with Crippen LogP contribution >= 0.6 is 0 Å². The summed E-state index contributed by atoms with van der Waals surface area (Å²) in [5.74, 6) is -1.08. The summed E-state index contributed by atoms with van der Waals surface area (Å²) in [5, 5.41) is 11.6. The van der Waals surface area contributed by atoms with Gasteiger partial charge in [-0.1, -0.05) is 18.2 Å². The second-order valence-corrected chi connectivity index (χ2v) is 3.62. The summed E-state index contributed by atoms with van der Waals surface area (Å²) >= 11 is 0. The first kappa shape index (κ1) is 10.5. The number of carboxylic acid groups (broad SMARTS) is 1. The van der Waals surface area contributed by atoms with E-state index in [0.29, 0.717) is 0 Å². The van der Waals surface area contributed by atoms with Crippen LogP contribution in [0.5, 0.6) is 0 Å². The van der Waals surface area contributed by atoms with Gasteiger partial charge >= 0.3 is 5.97 Å². The number of carboxylic acids is 1. The maximum atomic E-state index is 11.3. The molecular weight excluding hydrogens is 208 g/mol. The van der Waals surface area contributed by atoms with E-state index in [1.54, 1.807) is 17.0 Å². The first-order valence-electron chi connectivity index (χ1n) is 4.99. The third-order valence-electron chi connectivity index (χ3n) is 2.56. The molecule has 1 aromatic carbocycles. The minimum absolute atomic E-state index is 0.0843. The van der Waals surface area contributed by atoms with Crippen molar-refractivity contribution in [3.05, 3.63) is 30.3 Å². The fraction of sp³-hybridized carbons (Fsp3) is 0.273. The molecule has 1 aliphatic rings. The average molecular weight is 220 g/mol. The van der Waals surface area contributed by atoms with E-state index in [2.05, 4.69) is 5.32 Å². The summed E-state index contributed by atoms with van der Waals surface area (Å²) < 4.78 is 0. The number of nitrogens with one attached hydrogen (secondary N) is 1. The van der Waals surface area contributed by atoms with Gasteiger partial charge in [0.15, 0.2) is 0 Å². The Hall–Kier alpha value is -2.04. The van der Waals surface area contributed by atoms with Gasteiger partial charge in [-0.25, -0.2) is 4.79 Å². The van der Waals surface area contributed by atoms with Crippen molar-refractivity contribution >= 4 is 17.6 Å². The van der Waals surface area contributed by atoms with Crippen molar-refractivity contribution in [1.29, 1.82) is 0 Å². The molecule has 16 heavy (non-hydrogen) atoms. The number of hydrogen-bond donors (Lipinski definition) is 2. The summed E-state index contributed by atoms with van der Waals surface area (Å²) in [7, 11) is 0. The van der Waals surface area contributed by atoms with Crippen LogP contribution in [0.2, 0.25) is 0 Å². The molecule has 84 valence electrons. The van der Waals surface area contributed by atoms with Crippen molar-refractivity contribution < 1.29 is 14.7 Å². The molecule has 5 heteroatoms. The number of piperazine rings is 1. The van der Waals surface area contributed by atoms with Crippen LogP contribution in [0.4, 0.5) is 5.69 Å². The fourth-order valence-electron chi connectivity index (χ4n) is 1.75. The Bertz CT molecular complexity index is 405. The Kier molecular flexibility index (Phi) is 2.76. The van der Waals surface area contributed by atoms with E-state index in [1.807, 2.05) is 18.2 Å². The molecule has 0 aromatic heterocycles. The Morgan fingerprint density at radius 2 is 2.06 bits per heavy atom. The van der Waals surface area contributed by atoms with Gasteiger partial charge in [0.2, 0.25) is 5.91 Å². The van der Waals surface area contributed by atoms with Crippen LogP contribution in [-0.4, -0.2) is 36.1 Å². The van der Waals surface area contributed by atoms with Crippen molar-refractivity contribution in [3.63, 3.8) is 0 Å². The molecule has 1 atom stereocenters. The van der Waals surface area contributed by atoms with Crippen molar-refractivity contribution in [1.82, 2.24) is 5.32 Å². The first-order chi connectivity index (χ1) is 7.68. The van der Waals surface area contributed by atoms with Crippen LogP contribution in [0.25, 0.3) is 0 Å². The second-order valence-electron chi connectivity index (χ2n) is 3.62. The first-order valence-corrected chi connectivity index (χ1v) is 4.99. The molecule has 5 nitrogen and oxygen atoms in total. The predicted octanol–water partition coefficient (Wildman–Crippen LogP) is 0.0760. The molecule has 1 amide bonds. The van der Waals surface area contributed by atoms with E-state index in [-0.39, 0.29) is 19.0 Å². The van der Waals surface area contributed by atoms with Crippen molar-refractivity contribution in [3.8, 4) is 0 Å². The molecule has 1 aliphatic heterocycles. The number of carbonyl (C=O) groups excluding carboxylic acids is 1. The normalized spacial score (nSPS) is 20.4. The average Bonchev–Trinajstić information content (AvgIpc) is 2.29. The largest absolute Gasteiger partial charge is 0.480 e. The zero-order chi connectivity index (χ0) is 11.5. The lowest BCUT2D eigenvalue weighted by Crippen LogP contribution is -2.57. The number of rotatable bonds is 2. The molecule has 1 heterocycles. The number of anilines is 1. The molecule has 2 N–H and O–H groups in total. The summed E-state index contributed by atoms with van der Waals surface area (Å²) in [6.07, 6.45) is 0. The highest BCUT2D eigenvalue weighted by molar-refractivity contribution is 5.89. The van der Waals surface area contributed by atoms with Gasteiger partial charge in [-0.2, -0.15) is 0 Å². The number of aliphatic carboxylic acids is 1. The van der Waals surface area contributed by atoms with E-state index in [4.69, 9.17) is 5.11 Å². The monoisotopic (exact) mass is 220 g/mol. The van der Waals surface area contributed by atoms with Crippen LogP contribution < -0.4 is 10.2 Å². The molecule has 1 fully saturated rings. The molecule has 1 aromatic rings. The molecule has 1 unspecified atom stereocenters. The van der Waals surface area contributed by atoms with Crippen molar-refractivity contribution in [2.75, 3.05) is 18.0 Å². The lowest BCUT2D eigenvalue weighted by atomic mass is 10.1. The van der Waals surface area contributed by atoms with Crippen LogP contribution in [-0.2, 0) is 9.59 Å². The maximum Gasteiger partial charge on any atom is 0.328 e.